The number of para-hydroxylation sites is 1. The summed E-state index contributed by atoms with van der Waals surface area (Å²) in [5.41, 5.74) is 2.51. The van der Waals surface area contributed by atoms with Gasteiger partial charge in [-0.15, -0.1) is 0 Å². The standard InChI is InChI=1S/C22H22FN3O3/c1-29-22(28)13-20(17-8-10-18(23)11-9-17)25-21(27)12-7-16-14-24-26(15-16)19-5-3-2-4-6-19/h2-6,8-11,14-15,20H,7,12-13H2,1H3,(H,25,27). The summed E-state index contributed by atoms with van der Waals surface area (Å²) in [6, 6.07) is 14.8. The third-order valence-corrected chi connectivity index (χ3v) is 4.50. The number of amides is 1. The quantitative estimate of drug-likeness (QED) is 0.594. The van der Waals surface area contributed by atoms with Crippen LogP contribution >= 0.6 is 0 Å². The van der Waals surface area contributed by atoms with Crippen molar-refractivity contribution >= 4 is 11.9 Å². The van der Waals surface area contributed by atoms with Crippen LogP contribution in [0.5, 0.6) is 0 Å². The smallest absolute Gasteiger partial charge is 0.307 e. The molecule has 1 aromatic heterocycles. The Kier molecular flexibility index (Phi) is 6.73. The molecule has 7 heteroatoms. The number of carbonyl (C=O) groups is 2. The molecule has 0 aliphatic heterocycles. The number of nitrogens with one attached hydrogen (secondary N) is 1. The second kappa shape index (κ2) is 9.64. The van der Waals surface area contributed by atoms with Crippen LogP contribution in [0.1, 0.15) is 30.0 Å². The number of hydrogen-bond acceptors (Lipinski definition) is 4. The van der Waals surface area contributed by atoms with E-state index >= 15 is 0 Å². The van der Waals surface area contributed by atoms with E-state index < -0.39 is 12.0 Å². The van der Waals surface area contributed by atoms with Crippen molar-refractivity contribution in [2.24, 2.45) is 0 Å². The first-order chi connectivity index (χ1) is 14.0. The van der Waals surface area contributed by atoms with Gasteiger partial charge in [-0.2, -0.15) is 5.10 Å². The number of benzene rings is 2. The van der Waals surface area contributed by atoms with Gasteiger partial charge in [0.1, 0.15) is 5.82 Å². The maximum atomic E-state index is 13.2. The van der Waals surface area contributed by atoms with Gasteiger partial charge in [-0.25, -0.2) is 9.07 Å². The molecule has 6 nitrogen and oxygen atoms in total. The lowest BCUT2D eigenvalue weighted by Gasteiger charge is -2.18. The fourth-order valence-electron chi connectivity index (χ4n) is 2.93. The zero-order valence-electron chi connectivity index (χ0n) is 16.0. The number of halogens is 1. The van der Waals surface area contributed by atoms with Gasteiger partial charge in [0.2, 0.25) is 5.91 Å². The molecule has 0 radical (unpaired) electrons. The molecular weight excluding hydrogens is 373 g/mol. The monoisotopic (exact) mass is 395 g/mol. The van der Waals surface area contributed by atoms with E-state index in [9.17, 15) is 14.0 Å². The number of aromatic nitrogens is 2. The molecular formula is C22H22FN3O3. The lowest BCUT2D eigenvalue weighted by molar-refractivity contribution is -0.141. The number of rotatable bonds is 8. The summed E-state index contributed by atoms with van der Waals surface area (Å²) in [4.78, 5) is 24.2. The highest BCUT2D eigenvalue weighted by Crippen LogP contribution is 2.18. The Balaban J connectivity index is 1.60. The summed E-state index contributed by atoms with van der Waals surface area (Å²) < 4.78 is 19.6. The van der Waals surface area contributed by atoms with E-state index in [-0.39, 0.29) is 24.6 Å². The molecule has 0 saturated heterocycles. The Hall–Kier alpha value is -3.48. The highest BCUT2D eigenvalue weighted by molar-refractivity contribution is 5.78. The van der Waals surface area contributed by atoms with Crippen LogP contribution < -0.4 is 5.32 Å². The van der Waals surface area contributed by atoms with Gasteiger partial charge in [0.05, 0.1) is 31.5 Å². The first-order valence-corrected chi connectivity index (χ1v) is 9.26. The highest BCUT2D eigenvalue weighted by atomic mass is 19.1. The second-order valence-corrected chi connectivity index (χ2v) is 6.58. The van der Waals surface area contributed by atoms with E-state index in [1.54, 1.807) is 23.0 Å². The molecule has 2 aromatic carbocycles. The van der Waals surface area contributed by atoms with Crippen LogP contribution in [0.2, 0.25) is 0 Å². The topological polar surface area (TPSA) is 73.2 Å². The van der Waals surface area contributed by atoms with Crippen molar-refractivity contribution in [1.82, 2.24) is 15.1 Å². The molecule has 1 atom stereocenters. The average molecular weight is 395 g/mol. The maximum absolute atomic E-state index is 13.2. The third-order valence-electron chi connectivity index (χ3n) is 4.50. The van der Waals surface area contributed by atoms with Gasteiger partial charge >= 0.3 is 5.97 Å². The van der Waals surface area contributed by atoms with E-state index in [0.717, 1.165) is 11.3 Å². The summed E-state index contributed by atoms with van der Waals surface area (Å²) in [6.07, 6.45) is 4.33. The molecule has 1 heterocycles. The van der Waals surface area contributed by atoms with Crippen LogP contribution in [-0.2, 0) is 20.7 Å². The molecule has 3 rings (SSSR count). The van der Waals surface area contributed by atoms with E-state index in [1.807, 2.05) is 36.5 Å². The highest BCUT2D eigenvalue weighted by Gasteiger charge is 2.19. The van der Waals surface area contributed by atoms with Crippen LogP contribution in [-0.4, -0.2) is 28.8 Å². The SMILES string of the molecule is COC(=O)CC(NC(=O)CCc1cnn(-c2ccccc2)c1)c1ccc(F)cc1. The first kappa shape index (κ1) is 20.3. The van der Waals surface area contributed by atoms with Crippen LogP contribution in [0.3, 0.4) is 0 Å². The summed E-state index contributed by atoms with van der Waals surface area (Å²) in [6.45, 7) is 0. The van der Waals surface area contributed by atoms with Crippen molar-refractivity contribution in [2.45, 2.75) is 25.3 Å². The van der Waals surface area contributed by atoms with Crippen molar-refractivity contribution in [3.63, 3.8) is 0 Å². The molecule has 0 saturated carbocycles. The van der Waals surface area contributed by atoms with Crippen LogP contribution in [0.25, 0.3) is 5.69 Å². The number of methoxy groups -OCH3 is 1. The third kappa shape index (κ3) is 5.75. The van der Waals surface area contributed by atoms with Gasteiger partial charge in [-0.05, 0) is 41.8 Å². The molecule has 150 valence electrons. The molecule has 1 unspecified atom stereocenters. The number of esters is 1. The van der Waals surface area contributed by atoms with E-state index in [4.69, 9.17) is 4.74 Å². The number of hydrogen-bond donors (Lipinski definition) is 1. The van der Waals surface area contributed by atoms with E-state index in [0.29, 0.717) is 12.0 Å². The Morgan fingerprint density at radius 1 is 1.14 bits per heavy atom. The Labute approximate surface area is 168 Å². The van der Waals surface area contributed by atoms with E-state index in [2.05, 4.69) is 10.4 Å². The van der Waals surface area contributed by atoms with Gasteiger partial charge in [-0.3, -0.25) is 9.59 Å². The van der Waals surface area contributed by atoms with Crippen LogP contribution in [0, 0.1) is 5.82 Å². The molecule has 0 bridgehead atoms. The van der Waals surface area contributed by atoms with Gasteiger partial charge in [-0.1, -0.05) is 30.3 Å². The minimum Gasteiger partial charge on any atom is -0.469 e. The van der Waals surface area contributed by atoms with Gasteiger partial charge in [0.15, 0.2) is 0 Å². The van der Waals surface area contributed by atoms with E-state index in [1.165, 1.54) is 19.2 Å². The fourth-order valence-corrected chi connectivity index (χ4v) is 2.93. The predicted octanol–water partition coefficient (Wildman–Crippen LogP) is 3.36. The van der Waals surface area contributed by atoms with Crippen LogP contribution in [0.15, 0.2) is 67.0 Å². The average Bonchev–Trinajstić information content (AvgIpc) is 3.22. The predicted molar refractivity (Wildman–Crippen MR) is 106 cm³/mol. The lowest BCUT2D eigenvalue weighted by atomic mass is 10.0. The van der Waals surface area contributed by atoms with Crippen molar-refractivity contribution in [2.75, 3.05) is 7.11 Å². The first-order valence-electron chi connectivity index (χ1n) is 9.26. The summed E-state index contributed by atoms with van der Waals surface area (Å²) in [5.74, 6) is -1.05. The number of nitrogens with zero attached hydrogens (tertiary/aromatic N) is 2. The maximum Gasteiger partial charge on any atom is 0.307 e. The zero-order chi connectivity index (χ0) is 20.6. The second-order valence-electron chi connectivity index (χ2n) is 6.58. The molecule has 0 aliphatic carbocycles. The van der Waals surface area contributed by atoms with Crippen molar-refractivity contribution < 1.29 is 18.7 Å². The van der Waals surface area contributed by atoms with Crippen molar-refractivity contribution in [3.8, 4) is 5.69 Å². The molecule has 0 aliphatic rings. The molecule has 0 fully saturated rings. The van der Waals surface area contributed by atoms with Gasteiger partial charge in [0.25, 0.3) is 0 Å². The molecule has 1 amide bonds. The largest absolute Gasteiger partial charge is 0.469 e. The number of carbonyl (C=O) groups excluding carboxylic acids is 2. The minimum absolute atomic E-state index is 0.0280. The van der Waals surface area contributed by atoms with Crippen molar-refractivity contribution in [1.29, 1.82) is 0 Å². The molecule has 29 heavy (non-hydrogen) atoms. The number of aryl methyl sites for hydroxylation is 1. The van der Waals surface area contributed by atoms with Gasteiger partial charge < -0.3 is 10.1 Å². The normalized spacial score (nSPS) is 11.7. The summed E-state index contributed by atoms with van der Waals surface area (Å²) >= 11 is 0. The van der Waals surface area contributed by atoms with Crippen molar-refractivity contribution in [3.05, 3.63) is 83.9 Å². The lowest BCUT2D eigenvalue weighted by Crippen LogP contribution is -2.30. The molecule has 1 N–H and O–H groups in total. The van der Waals surface area contributed by atoms with Gasteiger partial charge in [0, 0.05) is 12.6 Å². The minimum atomic E-state index is -0.581. The molecule has 0 spiro atoms. The fraction of sp³-hybridized carbons (Fsp3) is 0.227. The summed E-state index contributed by atoms with van der Waals surface area (Å²) in [7, 11) is 1.29. The Bertz CT molecular complexity index is 955. The Morgan fingerprint density at radius 2 is 1.86 bits per heavy atom. The molecule has 3 aromatic rings. The Morgan fingerprint density at radius 3 is 2.55 bits per heavy atom. The number of ether oxygens (including phenoxy) is 1. The zero-order valence-corrected chi connectivity index (χ0v) is 16.0. The van der Waals surface area contributed by atoms with Crippen LogP contribution in [0.4, 0.5) is 4.39 Å². The summed E-state index contributed by atoms with van der Waals surface area (Å²) in [5, 5.41) is 7.16.